The van der Waals surface area contributed by atoms with Gasteiger partial charge < -0.3 is 11.1 Å². The average molecular weight is 328 g/mol. The van der Waals surface area contributed by atoms with Crippen molar-refractivity contribution < 1.29 is 14.4 Å². The molecular formula is C16H32N4O3. The second-order valence-electron chi connectivity index (χ2n) is 6.91. The van der Waals surface area contributed by atoms with E-state index in [1.165, 1.54) is 0 Å². The second kappa shape index (κ2) is 10.3. The predicted molar refractivity (Wildman–Crippen MR) is 90.2 cm³/mol. The van der Waals surface area contributed by atoms with E-state index in [4.69, 9.17) is 5.73 Å². The Hall–Kier alpha value is -1.47. The van der Waals surface area contributed by atoms with Crippen LogP contribution in [0.3, 0.4) is 0 Å². The van der Waals surface area contributed by atoms with Crippen LogP contribution >= 0.6 is 0 Å². The maximum atomic E-state index is 12.1. The zero-order valence-corrected chi connectivity index (χ0v) is 15.1. The largest absolute Gasteiger partial charge is 0.320 e. The lowest BCUT2D eigenvalue weighted by molar-refractivity contribution is -0.132. The number of nitrogens with one attached hydrogen (secondary N) is 3. The fraction of sp³-hybridized carbons (Fsp3) is 0.812. The zero-order chi connectivity index (χ0) is 18.2. The van der Waals surface area contributed by atoms with Crippen LogP contribution in [-0.2, 0) is 14.4 Å². The van der Waals surface area contributed by atoms with Gasteiger partial charge in [0.15, 0.2) is 5.78 Å². The van der Waals surface area contributed by atoms with Crippen LogP contribution in [0.2, 0.25) is 0 Å². The highest BCUT2D eigenvalue weighted by atomic mass is 16.2. The third-order valence-corrected chi connectivity index (χ3v) is 3.22. The van der Waals surface area contributed by atoms with Crippen molar-refractivity contribution in [3.8, 4) is 0 Å². The summed E-state index contributed by atoms with van der Waals surface area (Å²) >= 11 is 0. The minimum absolute atomic E-state index is 0.0308. The third-order valence-electron chi connectivity index (χ3n) is 3.22. The first kappa shape index (κ1) is 21.5. The number of hydrogen-bond acceptors (Lipinski definition) is 5. The number of rotatable bonds is 9. The Balaban J connectivity index is 4.47. The highest BCUT2D eigenvalue weighted by molar-refractivity contribution is 5.91. The standard InChI is InChI=1S/C16H32N4O3/c1-9(2)7-12(17)16(23)20-19-14(21)8-13(18-11(5)6)15(22)10(3)4/h9-13,18H,7-8,17H2,1-6H3,(H,19,21)(H,20,23). The highest BCUT2D eigenvalue weighted by Crippen LogP contribution is 2.05. The Kier molecular flexibility index (Phi) is 9.67. The van der Waals surface area contributed by atoms with Crippen LogP contribution in [0.25, 0.3) is 0 Å². The SMILES string of the molecule is CC(C)CC(N)C(=O)NNC(=O)CC(NC(C)C)C(=O)C(C)C. The lowest BCUT2D eigenvalue weighted by atomic mass is 9.98. The monoisotopic (exact) mass is 328 g/mol. The summed E-state index contributed by atoms with van der Waals surface area (Å²) in [6.45, 7) is 11.3. The molecule has 0 aromatic rings. The van der Waals surface area contributed by atoms with Crippen molar-refractivity contribution in [2.75, 3.05) is 0 Å². The molecule has 0 saturated heterocycles. The molecule has 2 atom stereocenters. The number of carbonyl (C=O) groups is 3. The minimum Gasteiger partial charge on any atom is -0.320 e. The first-order valence-electron chi connectivity index (χ1n) is 8.18. The van der Waals surface area contributed by atoms with E-state index in [1.807, 2.05) is 27.7 Å². The Morgan fingerprint density at radius 3 is 1.96 bits per heavy atom. The summed E-state index contributed by atoms with van der Waals surface area (Å²) in [5, 5.41) is 3.08. The topological polar surface area (TPSA) is 113 Å². The lowest BCUT2D eigenvalue weighted by Gasteiger charge is -2.22. The van der Waals surface area contributed by atoms with E-state index < -0.39 is 23.9 Å². The number of hydrazine groups is 1. The second-order valence-corrected chi connectivity index (χ2v) is 6.91. The zero-order valence-electron chi connectivity index (χ0n) is 15.1. The van der Waals surface area contributed by atoms with Crippen LogP contribution < -0.4 is 21.9 Å². The Labute approximate surface area is 139 Å². The molecule has 0 aliphatic heterocycles. The van der Waals surface area contributed by atoms with E-state index in [9.17, 15) is 14.4 Å². The normalized spacial score (nSPS) is 14.0. The van der Waals surface area contributed by atoms with Crippen LogP contribution in [0.5, 0.6) is 0 Å². The molecule has 0 heterocycles. The average Bonchev–Trinajstić information content (AvgIpc) is 2.41. The maximum Gasteiger partial charge on any atom is 0.255 e. The lowest BCUT2D eigenvalue weighted by Crippen LogP contribution is -2.52. The molecule has 0 rings (SSSR count). The van der Waals surface area contributed by atoms with Gasteiger partial charge in [0.1, 0.15) is 0 Å². The van der Waals surface area contributed by atoms with Crippen LogP contribution in [0.15, 0.2) is 0 Å². The van der Waals surface area contributed by atoms with Gasteiger partial charge in [-0.2, -0.15) is 0 Å². The van der Waals surface area contributed by atoms with Gasteiger partial charge in [-0.3, -0.25) is 25.2 Å². The predicted octanol–water partition coefficient (Wildman–Crippen LogP) is 0.489. The van der Waals surface area contributed by atoms with E-state index in [1.54, 1.807) is 13.8 Å². The molecule has 0 aromatic carbocycles. The molecule has 7 heteroatoms. The van der Waals surface area contributed by atoms with Crippen molar-refractivity contribution in [3.63, 3.8) is 0 Å². The summed E-state index contributed by atoms with van der Waals surface area (Å²) in [5.41, 5.74) is 10.4. The van der Waals surface area contributed by atoms with Crippen molar-refractivity contribution in [1.29, 1.82) is 0 Å². The summed E-state index contributed by atoms with van der Waals surface area (Å²) in [7, 11) is 0. The fourth-order valence-corrected chi connectivity index (χ4v) is 2.12. The van der Waals surface area contributed by atoms with Gasteiger partial charge >= 0.3 is 0 Å². The molecule has 0 fully saturated rings. The van der Waals surface area contributed by atoms with Gasteiger partial charge in [-0.15, -0.1) is 0 Å². The molecule has 23 heavy (non-hydrogen) atoms. The quantitative estimate of drug-likeness (QED) is 0.460. The van der Waals surface area contributed by atoms with Crippen LogP contribution in [0.1, 0.15) is 54.4 Å². The van der Waals surface area contributed by atoms with Crippen molar-refractivity contribution >= 4 is 17.6 Å². The van der Waals surface area contributed by atoms with Crippen molar-refractivity contribution in [2.45, 2.75) is 72.5 Å². The molecule has 2 unspecified atom stereocenters. The molecule has 0 spiro atoms. The Morgan fingerprint density at radius 1 is 0.957 bits per heavy atom. The molecule has 5 N–H and O–H groups in total. The van der Waals surface area contributed by atoms with E-state index in [0.29, 0.717) is 6.42 Å². The van der Waals surface area contributed by atoms with E-state index in [0.717, 1.165) is 0 Å². The van der Waals surface area contributed by atoms with Gasteiger partial charge in [0.2, 0.25) is 5.91 Å². The molecule has 134 valence electrons. The van der Waals surface area contributed by atoms with Gasteiger partial charge in [-0.1, -0.05) is 41.5 Å². The molecule has 0 aromatic heterocycles. The van der Waals surface area contributed by atoms with Crippen molar-refractivity contribution in [3.05, 3.63) is 0 Å². The number of hydrogen-bond donors (Lipinski definition) is 4. The van der Waals surface area contributed by atoms with Crippen LogP contribution in [0, 0.1) is 11.8 Å². The number of ketones is 1. The van der Waals surface area contributed by atoms with Gasteiger partial charge in [0.05, 0.1) is 18.5 Å². The molecule has 0 aliphatic carbocycles. The molecule has 0 aliphatic rings. The van der Waals surface area contributed by atoms with E-state index in [-0.39, 0.29) is 30.1 Å². The van der Waals surface area contributed by atoms with Crippen molar-refractivity contribution in [1.82, 2.24) is 16.2 Å². The van der Waals surface area contributed by atoms with Gasteiger partial charge in [-0.25, -0.2) is 0 Å². The first-order chi connectivity index (χ1) is 10.5. The fourth-order valence-electron chi connectivity index (χ4n) is 2.12. The maximum absolute atomic E-state index is 12.1. The Bertz CT molecular complexity index is 408. The Morgan fingerprint density at radius 2 is 1.52 bits per heavy atom. The van der Waals surface area contributed by atoms with Gasteiger partial charge in [0, 0.05) is 12.0 Å². The van der Waals surface area contributed by atoms with Crippen LogP contribution in [0.4, 0.5) is 0 Å². The third kappa shape index (κ3) is 9.30. The molecule has 7 nitrogen and oxygen atoms in total. The summed E-state index contributed by atoms with van der Waals surface area (Å²) in [4.78, 5) is 35.8. The van der Waals surface area contributed by atoms with E-state index >= 15 is 0 Å². The molecule has 0 saturated carbocycles. The summed E-state index contributed by atoms with van der Waals surface area (Å²) in [6.07, 6.45) is 0.500. The summed E-state index contributed by atoms with van der Waals surface area (Å²) in [6, 6.07) is -1.17. The van der Waals surface area contributed by atoms with Crippen molar-refractivity contribution in [2.24, 2.45) is 17.6 Å². The first-order valence-corrected chi connectivity index (χ1v) is 8.18. The van der Waals surface area contributed by atoms with Gasteiger partial charge in [0.25, 0.3) is 5.91 Å². The molecular weight excluding hydrogens is 296 g/mol. The smallest absolute Gasteiger partial charge is 0.255 e. The highest BCUT2D eigenvalue weighted by Gasteiger charge is 2.25. The summed E-state index contributed by atoms with van der Waals surface area (Å²) in [5.74, 6) is -0.780. The van der Waals surface area contributed by atoms with Gasteiger partial charge in [-0.05, 0) is 12.3 Å². The minimum atomic E-state index is -0.669. The molecule has 0 bridgehead atoms. The number of amides is 2. The van der Waals surface area contributed by atoms with E-state index in [2.05, 4.69) is 16.2 Å². The number of carbonyl (C=O) groups excluding carboxylic acids is 3. The molecule has 0 radical (unpaired) electrons. The number of Topliss-reactive ketones (excluding diaryl/α,β-unsaturated/α-hetero) is 1. The molecule has 2 amide bonds. The summed E-state index contributed by atoms with van der Waals surface area (Å²) < 4.78 is 0. The number of nitrogens with two attached hydrogens (primary N) is 1. The van der Waals surface area contributed by atoms with Crippen LogP contribution in [-0.4, -0.2) is 35.7 Å².